The third-order valence-electron chi connectivity index (χ3n) is 2.74. The molecule has 0 aliphatic carbocycles. The van der Waals surface area contributed by atoms with Gasteiger partial charge in [0.1, 0.15) is 5.82 Å². The van der Waals surface area contributed by atoms with E-state index in [1.807, 2.05) is 0 Å². The van der Waals surface area contributed by atoms with Crippen molar-refractivity contribution in [3.8, 4) is 0 Å². The molecule has 1 N–H and O–H groups in total. The Morgan fingerprint density at radius 3 is 2.60 bits per heavy atom. The van der Waals surface area contributed by atoms with E-state index < -0.39 is 9.84 Å². The van der Waals surface area contributed by atoms with Gasteiger partial charge < -0.3 is 5.32 Å². The van der Waals surface area contributed by atoms with E-state index in [1.54, 1.807) is 36.4 Å². The van der Waals surface area contributed by atoms with E-state index in [0.29, 0.717) is 16.7 Å². The van der Waals surface area contributed by atoms with Gasteiger partial charge in [-0.2, -0.15) is 0 Å². The average Bonchev–Trinajstić information content (AvgIpc) is 2.39. The van der Waals surface area contributed by atoms with Crippen molar-refractivity contribution in [3.05, 3.63) is 58.3 Å². The molecule has 0 bridgehead atoms. The predicted molar refractivity (Wildman–Crippen MR) is 81.0 cm³/mol. The molecule has 20 heavy (non-hydrogen) atoms. The smallest absolute Gasteiger partial charge is 0.175 e. The van der Waals surface area contributed by atoms with Crippen LogP contribution >= 0.6 is 15.9 Å². The number of sulfone groups is 1. The van der Waals surface area contributed by atoms with E-state index >= 15 is 0 Å². The van der Waals surface area contributed by atoms with Crippen LogP contribution in [0.5, 0.6) is 0 Å². The second kappa shape index (κ2) is 5.93. The van der Waals surface area contributed by atoms with Crippen LogP contribution in [0.3, 0.4) is 0 Å². The molecule has 0 atom stereocenters. The molecule has 0 fully saturated rings. The Bertz CT molecular complexity index is 732. The van der Waals surface area contributed by atoms with Gasteiger partial charge in [0.05, 0.1) is 9.37 Å². The molecule has 6 heteroatoms. The van der Waals surface area contributed by atoms with E-state index in [9.17, 15) is 12.8 Å². The first-order chi connectivity index (χ1) is 9.36. The Morgan fingerprint density at radius 1 is 1.20 bits per heavy atom. The Hall–Kier alpha value is -1.40. The zero-order chi connectivity index (χ0) is 14.8. The number of benzene rings is 2. The summed E-state index contributed by atoms with van der Waals surface area (Å²) in [6, 6.07) is 11.3. The minimum Gasteiger partial charge on any atom is -0.381 e. The van der Waals surface area contributed by atoms with Crippen molar-refractivity contribution in [1.82, 2.24) is 0 Å². The summed E-state index contributed by atoms with van der Waals surface area (Å²) < 4.78 is 36.4. The van der Waals surface area contributed by atoms with Crippen molar-refractivity contribution >= 4 is 31.5 Å². The lowest BCUT2D eigenvalue weighted by molar-refractivity contribution is 0.602. The maximum atomic E-state index is 13.1. The number of anilines is 1. The van der Waals surface area contributed by atoms with Crippen LogP contribution in [0.1, 0.15) is 5.56 Å². The standard InChI is InChI=1S/C14H13BrFNO2S/c1-20(18,19)12-4-2-3-11(8-12)17-9-10-5-6-14(16)13(15)7-10/h2-8,17H,9H2,1H3. The van der Waals surface area contributed by atoms with Gasteiger partial charge in [-0.15, -0.1) is 0 Å². The predicted octanol–water partition coefficient (Wildman–Crippen LogP) is 3.60. The Labute approximate surface area is 125 Å². The second-order valence-electron chi connectivity index (χ2n) is 4.40. The van der Waals surface area contributed by atoms with Crippen LogP contribution in [-0.4, -0.2) is 14.7 Å². The highest BCUT2D eigenvalue weighted by Crippen LogP contribution is 2.19. The molecule has 106 valence electrons. The van der Waals surface area contributed by atoms with Crippen molar-refractivity contribution in [3.63, 3.8) is 0 Å². The van der Waals surface area contributed by atoms with Crippen molar-refractivity contribution in [2.75, 3.05) is 11.6 Å². The van der Waals surface area contributed by atoms with Gasteiger partial charge in [0.15, 0.2) is 9.84 Å². The Balaban J connectivity index is 2.13. The number of halogens is 2. The van der Waals surface area contributed by atoms with E-state index in [1.165, 1.54) is 12.3 Å². The summed E-state index contributed by atoms with van der Waals surface area (Å²) in [5.74, 6) is -0.312. The minimum atomic E-state index is -3.22. The average molecular weight is 358 g/mol. The molecule has 0 radical (unpaired) electrons. The molecule has 0 saturated carbocycles. The molecule has 0 aromatic heterocycles. The summed E-state index contributed by atoms with van der Waals surface area (Å²) in [5, 5.41) is 3.11. The van der Waals surface area contributed by atoms with Gasteiger partial charge in [-0.05, 0) is 51.8 Å². The van der Waals surface area contributed by atoms with Gasteiger partial charge in [0.2, 0.25) is 0 Å². The maximum absolute atomic E-state index is 13.1. The quantitative estimate of drug-likeness (QED) is 0.908. The molecular formula is C14H13BrFNO2S. The highest BCUT2D eigenvalue weighted by atomic mass is 79.9. The molecule has 0 aliphatic heterocycles. The summed E-state index contributed by atoms with van der Waals surface area (Å²) in [5.41, 5.74) is 1.59. The summed E-state index contributed by atoms with van der Waals surface area (Å²) in [4.78, 5) is 0.266. The molecule has 2 rings (SSSR count). The number of nitrogens with one attached hydrogen (secondary N) is 1. The van der Waals surface area contributed by atoms with Crippen LogP contribution in [-0.2, 0) is 16.4 Å². The summed E-state index contributed by atoms with van der Waals surface area (Å²) in [6.07, 6.45) is 1.17. The molecule has 0 spiro atoms. The number of hydrogen-bond donors (Lipinski definition) is 1. The second-order valence-corrected chi connectivity index (χ2v) is 7.27. The van der Waals surface area contributed by atoms with Crippen LogP contribution < -0.4 is 5.32 Å². The Morgan fingerprint density at radius 2 is 1.95 bits per heavy atom. The van der Waals surface area contributed by atoms with Crippen LogP contribution in [0.15, 0.2) is 51.8 Å². The van der Waals surface area contributed by atoms with Gasteiger partial charge in [-0.25, -0.2) is 12.8 Å². The molecule has 0 aliphatic rings. The zero-order valence-corrected chi connectivity index (χ0v) is 13.1. The first-order valence-corrected chi connectivity index (χ1v) is 8.52. The molecule has 0 amide bonds. The van der Waals surface area contributed by atoms with E-state index in [-0.39, 0.29) is 10.7 Å². The topological polar surface area (TPSA) is 46.2 Å². The summed E-state index contributed by atoms with van der Waals surface area (Å²) >= 11 is 3.13. The fourth-order valence-corrected chi connectivity index (χ4v) is 2.78. The van der Waals surface area contributed by atoms with Gasteiger partial charge in [-0.1, -0.05) is 12.1 Å². The zero-order valence-electron chi connectivity index (χ0n) is 10.7. The number of rotatable bonds is 4. The lowest BCUT2D eigenvalue weighted by Crippen LogP contribution is -2.02. The maximum Gasteiger partial charge on any atom is 0.175 e. The number of hydrogen-bond acceptors (Lipinski definition) is 3. The summed E-state index contributed by atoms with van der Waals surface area (Å²) in [6.45, 7) is 0.478. The van der Waals surface area contributed by atoms with Gasteiger partial charge >= 0.3 is 0 Å². The molecule has 0 unspecified atom stereocenters. The highest BCUT2D eigenvalue weighted by Gasteiger charge is 2.07. The van der Waals surface area contributed by atoms with Crippen molar-refractivity contribution in [2.45, 2.75) is 11.4 Å². The lowest BCUT2D eigenvalue weighted by Gasteiger charge is -2.08. The van der Waals surface area contributed by atoms with Crippen LogP contribution in [0.2, 0.25) is 0 Å². The van der Waals surface area contributed by atoms with E-state index in [4.69, 9.17) is 0 Å². The lowest BCUT2D eigenvalue weighted by atomic mass is 10.2. The third kappa shape index (κ3) is 3.80. The van der Waals surface area contributed by atoms with Gasteiger partial charge in [0, 0.05) is 18.5 Å². The van der Waals surface area contributed by atoms with Crippen molar-refractivity contribution < 1.29 is 12.8 Å². The highest BCUT2D eigenvalue weighted by molar-refractivity contribution is 9.10. The third-order valence-corrected chi connectivity index (χ3v) is 4.46. The molecule has 0 saturated heterocycles. The monoisotopic (exact) mass is 357 g/mol. The Kier molecular flexibility index (Phi) is 4.45. The van der Waals surface area contributed by atoms with Gasteiger partial charge in [0.25, 0.3) is 0 Å². The molecule has 2 aromatic rings. The molecule has 2 aromatic carbocycles. The molecule has 0 heterocycles. The van der Waals surface area contributed by atoms with Crippen LogP contribution in [0.4, 0.5) is 10.1 Å². The normalized spacial score (nSPS) is 11.3. The first-order valence-electron chi connectivity index (χ1n) is 5.84. The van der Waals surface area contributed by atoms with E-state index in [0.717, 1.165) is 5.56 Å². The van der Waals surface area contributed by atoms with E-state index in [2.05, 4.69) is 21.2 Å². The first kappa shape index (κ1) is 15.0. The van der Waals surface area contributed by atoms with Crippen LogP contribution in [0.25, 0.3) is 0 Å². The largest absolute Gasteiger partial charge is 0.381 e. The minimum absolute atomic E-state index is 0.266. The molecular weight excluding hydrogens is 345 g/mol. The fourth-order valence-electron chi connectivity index (χ4n) is 1.69. The summed E-state index contributed by atoms with van der Waals surface area (Å²) in [7, 11) is -3.22. The van der Waals surface area contributed by atoms with Gasteiger partial charge in [-0.3, -0.25) is 0 Å². The van der Waals surface area contributed by atoms with Crippen molar-refractivity contribution in [1.29, 1.82) is 0 Å². The van der Waals surface area contributed by atoms with Crippen LogP contribution in [0, 0.1) is 5.82 Å². The fraction of sp³-hybridized carbons (Fsp3) is 0.143. The molecule has 3 nitrogen and oxygen atoms in total. The SMILES string of the molecule is CS(=O)(=O)c1cccc(NCc2ccc(F)c(Br)c2)c1. The van der Waals surface area contributed by atoms with Crippen molar-refractivity contribution in [2.24, 2.45) is 0 Å².